The van der Waals surface area contributed by atoms with Gasteiger partial charge in [0.15, 0.2) is 5.13 Å². The Hall–Kier alpha value is -2.24. The van der Waals surface area contributed by atoms with Crippen LogP contribution in [-0.4, -0.2) is 43.1 Å². The quantitative estimate of drug-likeness (QED) is 0.592. The van der Waals surface area contributed by atoms with Gasteiger partial charge in [-0.15, -0.1) is 0 Å². The SMILES string of the molecule is Cc1ccc(-c2sc(N3CCC(N(C)C)C3)nc2-c2ccc(F)cc2)cc1C. The zero-order chi connectivity index (χ0) is 19.8. The first-order chi connectivity index (χ1) is 13.4. The van der Waals surface area contributed by atoms with Gasteiger partial charge in [0.25, 0.3) is 0 Å². The summed E-state index contributed by atoms with van der Waals surface area (Å²) in [5, 5.41) is 1.05. The number of hydrogen-bond donors (Lipinski definition) is 0. The number of benzene rings is 2. The van der Waals surface area contributed by atoms with Crippen molar-refractivity contribution >= 4 is 16.5 Å². The third-order valence-electron chi connectivity index (χ3n) is 5.67. The number of hydrogen-bond acceptors (Lipinski definition) is 4. The number of likely N-dealkylation sites (N-methyl/N-ethyl adjacent to an activating group) is 1. The van der Waals surface area contributed by atoms with Gasteiger partial charge in [0.2, 0.25) is 0 Å². The fourth-order valence-electron chi connectivity index (χ4n) is 3.66. The van der Waals surface area contributed by atoms with E-state index in [1.54, 1.807) is 11.3 Å². The fraction of sp³-hybridized carbons (Fsp3) is 0.348. The van der Waals surface area contributed by atoms with Gasteiger partial charge in [-0.3, -0.25) is 0 Å². The first kappa shape index (κ1) is 19.1. The van der Waals surface area contributed by atoms with Crippen molar-refractivity contribution in [3.8, 4) is 21.7 Å². The van der Waals surface area contributed by atoms with E-state index in [4.69, 9.17) is 4.98 Å². The summed E-state index contributed by atoms with van der Waals surface area (Å²) in [4.78, 5) is 10.8. The van der Waals surface area contributed by atoms with Crippen molar-refractivity contribution in [3.63, 3.8) is 0 Å². The second kappa shape index (κ2) is 7.64. The number of thiazole rings is 1. The number of anilines is 1. The van der Waals surface area contributed by atoms with E-state index >= 15 is 0 Å². The van der Waals surface area contributed by atoms with Crippen molar-refractivity contribution in [1.82, 2.24) is 9.88 Å². The van der Waals surface area contributed by atoms with Crippen LogP contribution in [0.4, 0.5) is 9.52 Å². The summed E-state index contributed by atoms with van der Waals surface area (Å²) in [6.45, 7) is 6.28. The molecule has 0 N–H and O–H groups in total. The maximum atomic E-state index is 13.5. The van der Waals surface area contributed by atoms with Gasteiger partial charge in [-0.05, 0) is 75.3 Å². The van der Waals surface area contributed by atoms with Gasteiger partial charge in [0.05, 0.1) is 10.6 Å². The third-order valence-corrected chi connectivity index (χ3v) is 6.83. The van der Waals surface area contributed by atoms with Crippen LogP contribution >= 0.6 is 11.3 Å². The van der Waals surface area contributed by atoms with Gasteiger partial charge in [0, 0.05) is 24.7 Å². The van der Waals surface area contributed by atoms with E-state index < -0.39 is 0 Å². The van der Waals surface area contributed by atoms with Crippen LogP contribution in [0.1, 0.15) is 17.5 Å². The summed E-state index contributed by atoms with van der Waals surface area (Å²) >= 11 is 1.74. The number of aryl methyl sites for hydroxylation is 2. The van der Waals surface area contributed by atoms with Crippen molar-refractivity contribution in [2.45, 2.75) is 26.3 Å². The Morgan fingerprint density at radius 1 is 1.04 bits per heavy atom. The van der Waals surface area contributed by atoms with E-state index in [-0.39, 0.29) is 5.82 Å². The standard InChI is InChI=1S/C23H26FN3S/c1-15-5-6-18(13-16(15)2)22-21(17-7-9-19(24)10-8-17)25-23(28-22)27-12-11-20(14-27)26(3)4/h5-10,13,20H,11-12,14H2,1-4H3. The van der Waals surface area contributed by atoms with Crippen LogP contribution < -0.4 is 4.90 Å². The molecule has 1 aromatic heterocycles. The summed E-state index contributed by atoms with van der Waals surface area (Å²) in [6, 6.07) is 13.8. The maximum absolute atomic E-state index is 13.5. The highest BCUT2D eigenvalue weighted by atomic mass is 32.1. The Kier molecular flexibility index (Phi) is 5.21. The molecule has 0 spiro atoms. The number of halogens is 1. The predicted molar refractivity (Wildman–Crippen MR) is 117 cm³/mol. The minimum Gasteiger partial charge on any atom is -0.346 e. The van der Waals surface area contributed by atoms with Gasteiger partial charge >= 0.3 is 0 Å². The molecule has 3 aromatic rings. The van der Waals surface area contributed by atoms with Crippen LogP contribution in [0.15, 0.2) is 42.5 Å². The Morgan fingerprint density at radius 3 is 2.39 bits per heavy atom. The molecule has 3 nitrogen and oxygen atoms in total. The number of rotatable bonds is 4. The van der Waals surface area contributed by atoms with E-state index in [1.165, 1.54) is 28.8 Å². The molecule has 0 amide bonds. The number of aromatic nitrogens is 1. The van der Waals surface area contributed by atoms with Crippen molar-refractivity contribution in [3.05, 3.63) is 59.4 Å². The summed E-state index contributed by atoms with van der Waals surface area (Å²) in [6.07, 6.45) is 1.15. The molecule has 1 saturated heterocycles. The van der Waals surface area contributed by atoms with Gasteiger partial charge < -0.3 is 9.80 Å². The topological polar surface area (TPSA) is 19.4 Å². The molecule has 1 fully saturated rings. The smallest absolute Gasteiger partial charge is 0.186 e. The minimum atomic E-state index is -0.222. The Bertz CT molecular complexity index is 978. The summed E-state index contributed by atoms with van der Waals surface area (Å²) < 4.78 is 13.5. The molecule has 0 radical (unpaired) electrons. The lowest BCUT2D eigenvalue weighted by atomic mass is 10.0. The van der Waals surface area contributed by atoms with E-state index in [2.05, 4.69) is 55.9 Å². The average Bonchev–Trinajstić information content (AvgIpc) is 3.32. The monoisotopic (exact) mass is 395 g/mol. The predicted octanol–water partition coefficient (Wildman–Crippen LogP) is 5.37. The lowest BCUT2D eigenvalue weighted by Gasteiger charge is -2.19. The Morgan fingerprint density at radius 2 is 1.75 bits per heavy atom. The highest BCUT2D eigenvalue weighted by Crippen LogP contribution is 2.41. The first-order valence-corrected chi connectivity index (χ1v) is 10.5. The van der Waals surface area contributed by atoms with Gasteiger partial charge in [-0.25, -0.2) is 9.37 Å². The van der Waals surface area contributed by atoms with E-state index in [9.17, 15) is 4.39 Å². The molecule has 0 saturated carbocycles. The van der Waals surface area contributed by atoms with Crippen LogP contribution in [-0.2, 0) is 0 Å². The zero-order valence-electron chi connectivity index (χ0n) is 16.9. The first-order valence-electron chi connectivity index (χ1n) is 9.68. The molecule has 2 heterocycles. The molecule has 28 heavy (non-hydrogen) atoms. The lowest BCUT2D eigenvalue weighted by Crippen LogP contribution is -2.31. The number of nitrogens with zero attached hydrogens (tertiary/aromatic N) is 3. The largest absolute Gasteiger partial charge is 0.346 e. The molecular weight excluding hydrogens is 369 g/mol. The molecule has 0 aliphatic carbocycles. The molecule has 1 atom stereocenters. The van der Waals surface area contributed by atoms with E-state index in [0.717, 1.165) is 40.8 Å². The van der Waals surface area contributed by atoms with Gasteiger partial charge in [0.1, 0.15) is 5.82 Å². The fourth-order valence-corrected chi connectivity index (χ4v) is 4.78. The molecule has 1 aliphatic rings. The van der Waals surface area contributed by atoms with Gasteiger partial charge in [-0.1, -0.05) is 29.5 Å². The Balaban J connectivity index is 1.78. The normalized spacial score (nSPS) is 16.9. The second-order valence-corrected chi connectivity index (χ2v) is 8.81. The second-order valence-electron chi connectivity index (χ2n) is 7.83. The van der Waals surface area contributed by atoms with Crippen molar-refractivity contribution < 1.29 is 4.39 Å². The molecule has 4 rings (SSSR count). The third kappa shape index (κ3) is 3.69. The van der Waals surface area contributed by atoms with Crippen LogP contribution in [0.25, 0.3) is 21.7 Å². The molecule has 2 aromatic carbocycles. The highest BCUT2D eigenvalue weighted by Gasteiger charge is 2.27. The van der Waals surface area contributed by atoms with Crippen LogP contribution in [0.5, 0.6) is 0 Å². The zero-order valence-corrected chi connectivity index (χ0v) is 17.7. The lowest BCUT2D eigenvalue weighted by molar-refractivity contribution is 0.315. The molecule has 0 bridgehead atoms. The molecule has 1 unspecified atom stereocenters. The van der Waals surface area contributed by atoms with Crippen LogP contribution in [0, 0.1) is 19.7 Å². The van der Waals surface area contributed by atoms with Crippen LogP contribution in [0.2, 0.25) is 0 Å². The molecule has 146 valence electrons. The summed E-state index contributed by atoms with van der Waals surface area (Å²) in [5.74, 6) is -0.222. The minimum absolute atomic E-state index is 0.222. The Labute approximate surface area is 170 Å². The molecule has 5 heteroatoms. The van der Waals surface area contributed by atoms with Crippen molar-refractivity contribution in [1.29, 1.82) is 0 Å². The van der Waals surface area contributed by atoms with Crippen LogP contribution in [0.3, 0.4) is 0 Å². The summed E-state index contributed by atoms with van der Waals surface area (Å²) in [5.41, 5.74) is 5.63. The average molecular weight is 396 g/mol. The van der Waals surface area contributed by atoms with Gasteiger partial charge in [-0.2, -0.15) is 0 Å². The van der Waals surface area contributed by atoms with Crippen molar-refractivity contribution in [2.75, 3.05) is 32.1 Å². The maximum Gasteiger partial charge on any atom is 0.186 e. The molecular formula is C23H26FN3S. The van der Waals surface area contributed by atoms with E-state index in [0.29, 0.717) is 6.04 Å². The van der Waals surface area contributed by atoms with E-state index in [1.807, 2.05) is 12.1 Å². The van der Waals surface area contributed by atoms with Crippen molar-refractivity contribution in [2.24, 2.45) is 0 Å². The summed E-state index contributed by atoms with van der Waals surface area (Å²) in [7, 11) is 4.28. The molecule has 1 aliphatic heterocycles. The highest BCUT2D eigenvalue weighted by molar-refractivity contribution is 7.19.